The molecule has 9 amide bonds. The molecule has 0 fully saturated rings. The van der Waals surface area contributed by atoms with Gasteiger partial charge in [0.1, 0.15) is 54.4 Å². The molecule has 0 saturated carbocycles. The van der Waals surface area contributed by atoms with E-state index in [0.717, 1.165) is 6.92 Å². The molecule has 0 aliphatic carbocycles. The number of H-pyrrole nitrogens is 1. The maximum absolute atomic E-state index is 14.1. The van der Waals surface area contributed by atoms with Crippen LogP contribution in [-0.4, -0.2) is 176 Å². The van der Waals surface area contributed by atoms with Crippen LogP contribution in [0.15, 0.2) is 60.8 Å². The summed E-state index contributed by atoms with van der Waals surface area (Å²) in [5.74, 6) is -12.9. The number of nitrogens with two attached hydrogens (primary N) is 3. The number of fused-ring (bicyclic) bond motifs is 1. The molecule has 3 rings (SSSR count). The summed E-state index contributed by atoms with van der Waals surface area (Å²) in [4.78, 5) is 162. The lowest BCUT2D eigenvalue weighted by atomic mass is 10.0. The molecule has 0 unspecified atom stereocenters. The topological polar surface area (TPSA) is 488 Å². The summed E-state index contributed by atoms with van der Waals surface area (Å²) in [5.41, 5.74) is 19.4. The molecule has 474 valence electrons. The third kappa shape index (κ3) is 24.2. The SMILES string of the molecule is CC(C)[C@H](N)C(=O)N[C@@H](Cc1ccccc1)C(=O)N[C@@H](C)C(=O)N[C@@H](CCC(=O)O)C(=O)N[C@@H](CCCCN)C(=O)N[C@H](C(=O)N[C@@H](CCCCN)C(=O)N[C@@H](C)C(=O)N[C@@H](CCC(=O)O)C(=O)N[C@@H](Cc1c[nH]c2ccccc12)C(=O)O)[C@@H](C)O. The van der Waals surface area contributed by atoms with Crippen LogP contribution in [-0.2, 0) is 70.4 Å². The fourth-order valence-corrected chi connectivity index (χ4v) is 8.76. The summed E-state index contributed by atoms with van der Waals surface area (Å²) >= 11 is 0. The van der Waals surface area contributed by atoms with Crippen LogP contribution in [0.5, 0.6) is 0 Å². The highest BCUT2D eigenvalue weighted by atomic mass is 16.4. The number of aliphatic hydroxyl groups is 1. The van der Waals surface area contributed by atoms with Gasteiger partial charge in [-0.3, -0.25) is 52.7 Å². The van der Waals surface area contributed by atoms with Gasteiger partial charge in [-0.25, -0.2) is 4.79 Å². The van der Waals surface area contributed by atoms with Crippen molar-refractivity contribution in [1.29, 1.82) is 0 Å². The van der Waals surface area contributed by atoms with Gasteiger partial charge in [-0.05, 0) is 108 Å². The van der Waals surface area contributed by atoms with Gasteiger partial charge in [-0.15, -0.1) is 0 Å². The fourth-order valence-electron chi connectivity index (χ4n) is 8.76. The molecule has 29 nitrogen and oxygen atoms in total. The van der Waals surface area contributed by atoms with E-state index in [2.05, 4.69) is 52.8 Å². The first-order valence-electron chi connectivity index (χ1n) is 28.5. The van der Waals surface area contributed by atoms with Crippen molar-refractivity contribution in [3.63, 3.8) is 0 Å². The Labute approximate surface area is 497 Å². The van der Waals surface area contributed by atoms with E-state index in [4.69, 9.17) is 17.2 Å². The first kappa shape index (κ1) is 71.7. The molecule has 86 heavy (non-hydrogen) atoms. The Bertz CT molecular complexity index is 2800. The standard InChI is InChI=1S/C57H85N13O16/c1-30(2)46(60)55(83)68-42(27-34-15-7-6-8-16-34)54(82)63-32(4)49(77)64-40(21-23-44(72)73)51(79)66-39(20-12-14-26-59)53(81)70-47(33(5)71)56(84)67-38(19-11-13-25-58)50(78)62-31(3)48(76)65-41(22-24-45(74)75)52(80)69-43(57(85)86)28-35-29-61-37-18-10-9-17-36(35)37/h6-10,15-18,29-33,38-43,46-47,61,71H,11-14,19-28,58-60H2,1-5H3,(H,62,78)(H,63,82)(H,64,77)(H,65,76)(H,66,79)(H,67,84)(H,68,83)(H,69,80)(H,70,81)(H,72,73)(H,74,75)(H,85,86)/t31-,32-,33+,38-,39-,40-,41-,42-,43-,46-,47-/m0/s1. The van der Waals surface area contributed by atoms with Gasteiger partial charge >= 0.3 is 17.9 Å². The minimum Gasteiger partial charge on any atom is -0.481 e. The fraction of sp³-hybridized carbons (Fsp3) is 0.544. The highest BCUT2D eigenvalue weighted by molar-refractivity contribution is 5.99. The highest BCUT2D eigenvalue weighted by Crippen LogP contribution is 2.20. The summed E-state index contributed by atoms with van der Waals surface area (Å²) in [6.45, 7) is 7.44. The number of benzene rings is 2. The van der Waals surface area contributed by atoms with Gasteiger partial charge in [0, 0.05) is 42.8 Å². The van der Waals surface area contributed by atoms with E-state index < -0.39 is 163 Å². The first-order chi connectivity index (χ1) is 40.7. The molecular weight excluding hydrogens is 1120 g/mol. The van der Waals surface area contributed by atoms with Crippen LogP contribution in [0.2, 0.25) is 0 Å². The number of aliphatic carboxylic acids is 3. The van der Waals surface area contributed by atoms with Crippen LogP contribution in [0, 0.1) is 5.92 Å². The summed E-state index contributed by atoms with van der Waals surface area (Å²) in [5, 5.41) is 62.7. The number of carboxylic acids is 3. The molecule has 0 saturated heterocycles. The highest BCUT2D eigenvalue weighted by Gasteiger charge is 2.36. The Balaban J connectivity index is 1.79. The van der Waals surface area contributed by atoms with Crippen molar-refractivity contribution in [2.24, 2.45) is 23.1 Å². The van der Waals surface area contributed by atoms with Crippen LogP contribution in [0.1, 0.15) is 110 Å². The molecule has 0 radical (unpaired) electrons. The number of nitrogens with one attached hydrogen (secondary N) is 10. The lowest BCUT2D eigenvalue weighted by Gasteiger charge is -2.28. The van der Waals surface area contributed by atoms with E-state index in [0.29, 0.717) is 34.9 Å². The van der Waals surface area contributed by atoms with E-state index in [9.17, 15) is 78.0 Å². The van der Waals surface area contributed by atoms with Crippen molar-refractivity contribution in [3.05, 3.63) is 71.9 Å². The summed E-state index contributed by atoms with van der Waals surface area (Å²) in [6, 6.07) is 1.19. The number of aromatic amines is 1. The van der Waals surface area contributed by atoms with Gasteiger partial charge < -0.3 is 90.5 Å². The number of hydrogen-bond acceptors (Lipinski definition) is 16. The number of aromatic nitrogens is 1. The predicted octanol–water partition coefficient (Wildman–Crippen LogP) is -2.21. The van der Waals surface area contributed by atoms with Gasteiger partial charge in [0.15, 0.2) is 0 Å². The number of aliphatic hydroxyl groups excluding tert-OH is 1. The predicted molar refractivity (Wildman–Crippen MR) is 313 cm³/mol. The Hall–Kier alpha value is -8.54. The molecule has 29 heteroatoms. The van der Waals surface area contributed by atoms with Crippen LogP contribution >= 0.6 is 0 Å². The Kier molecular flexibility index (Phi) is 30.3. The van der Waals surface area contributed by atoms with Gasteiger partial charge in [-0.1, -0.05) is 62.4 Å². The van der Waals surface area contributed by atoms with Gasteiger partial charge in [0.2, 0.25) is 53.2 Å². The second-order valence-electron chi connectivity index (χ2n) is 21.3. The second-order valence-corrected chi connectivity index (χ2v) is 21.3. The molecule has 0 aliphatic heterocycles. The number of carbonyl (C=O) groups is 12. The maximum Gasteiger partial charge on any atom is 0.326 e. The Morgan fingerprint density at radius 2 is 0.884 bits per heavy atom. The van der Waals surface area contributed by atoms with Crippen molar-refractivity contribution >= 4 is 82.0 Å². The summed E-state index contributed by atoms with van der Waals surface area (Å²) in [6.07, 6.45) is -1.57. The van der Waals surface area contributed by atoms with Crippen molar-refractivity contribution in [1.82, 2.24) is 52.8 Å². The minimum atomic E-state index is -1.82. The van der Waals surface area contributed by atoms with E-state index in [1.165, 1.54) is 13.8 Å². The molecule has 11 atom stereocenters. The number of unbranched alkanes of at least 4 members (excludes halogenated alkanes) is 2. The minimum absolute atomic E-state index is 0.0106. The summed E-state index contributed by atoms with van der Waals surface area (Å²) in [7, 11) is 0. The number of carbonyl (C=O) groups excluding carboxylic acids is 9. The smallest absolute Gasteiger partial charge is 0.326 e. The average Bonchev–Trinajstić information content (AvgIpc) is 3.17. The molecule has 1 aromatic heterocycles. The monoisotopic (exact) mass is 1210 g/mol. The van der Waals surface area contributed by atoms with Crippen LogP contribution in [0.25, 0.3) is 10.9 Å². The van der Waals surface area contributed by atoms with E-state index >= 15 is 0 Å². The van der Waals surface area contributed by atoms with E-state index in [1.807, 2.05) is 0 Å². The molecule has 1 heterocycles. The van der Waals surface area contributed by atoms with Crippen molar-refractivity contribution in [2.45, 2.75) is 178 Å². The second kappa shape index (κ2) is 36.3. The third-order valence-corrected chi connectivity index (χ3v) is 13.9. The largest absolute Gasteiger partial charge is 0.481 e. The van der Waals surface area contributed by atoms with Crippen molar-refractivity contribution in [2.75, 3.05) is 13.1 Å². The average molecular weight is 1210 g/mol. The van der Waals surface area contributed by atoms with Gasteiger partial charge in [0.25, 0.3) is 0 Å². The zero-order valence-corrected chi connectivity index (χ0v) is 49.0. The van der Waals surface area contributed by atoms with Crippen LogP contribution in [0.4, 0.5) is 0 Å². The Morgan fingerprint density at radius 3 is 1.36 bits per heavy atom. The van der Waals surface area contributed by atoms with Gasteiger partial charge in [0.05, 0.1) is 12.1 Å². The van der Waals surface area contributed by atoms with Crippen molar-refractivity contribution < 1.29 is 78.0 Å². The number of rotatable bonds is 39. The van der Waals surface area contributed by atoms with Crippen LogP contribution < -0.4 is 65.1 Å². The van der Waals surface area contributed by atoms with Gasteiger partial charge in [-0.2, -0.15) is 0 Å². The van der Waals surface area contributed by atoms with E-state index in [1.54, 1.807) is 74.6 Å². The number of para-hydroxylation sites is 1. The molecule has 2 aromatic carbocycles. The van der Waals surface area contributed by atoms with Crippen molar-refractivity contribution in [3.8, 4) is 0 Å². The first-order valence-corrected chi connectivity index (χ1v) is 28.5. The molecule has 0 spiro atoms. The Morgan fingerprint density at radius 1 is 0.465 bits per heavy atom. The molecule has 0 bridgehead atoms. The zero-order valence-electron chi connectivity index (χ0n) is 49.0. The number of amides is 9. The summed E-state index contributed by atoms with van der Waals surface area (Å²) < 4.78 is 0. The molecule has 0 aliphatic rings. The maximum atomic E-state index is 14.1. The zero-order chi connectivity index (χ0) is 64.2. The lowest BCUT2D eigenvalue weighted by Crippen LogP contribution is -2.61. The number of carboxylic acid groups (broad SMARTS) is 3. The molecule has 3 aromatic rings. The number of hydrogen-bond donors (Lipinski definition) is 17. The third-order valence-electron chi connectivity index (χ3n) is 13.9. The van der Waals surface area contributed by atoms with E-state index in [-0.39, 0.29) is 57.5 Å². The van der Waals surface area contributed by atoms with Crippen LogP contribution in [0.3, 0.4) is 0 Å². The molecule has 20 N–H and O–H groups in total. The normalized spacial score (nSPS) is 15.0. The molecular formula is C57H85N13O16. The lowest BCUT2D eigenvalue weighted by molar-refractivity contribution is -0.143. The quantitative estimate of drug-likeness (QED) is 0.0269.